The average molecular weight is 322 g/mol. The van der Waals surface area contributed by atoms with Crippen molar-refractivity contribution in [1.82, 2.24) is 16.2 Å². The van der Waals surface area contributed by atoms with Gasteiger partial charge in [0.2, 0.25) is 0 Å². The fraction of sp³-hybridized carbons (Fsp3) is 0.231. The maximum atomic E-state index is 11.9. The van der Waals surface area contributed by atoms with Gasteiger partial charge in [0.15, 0.2) is 5.96 Å². The minimum Gasteiger partial charge on any atom is -0.481 e. The molecule has 0 aromatic heterocycles. The zero-order valence-electron chi connectivity index (χ0n) is 12.2. The first kappa shape index (κ1) is 17.9. The molecule has 0 bridgehead atoms. The van der Waals surface area contributed by atoms with Gasteiger partial charge in [0, 0.05) is 12.1 Å². The largest absolute Gasteiger partial charge is 0.481 e. The highest BCUT2D eigenvalue weighted by Crippen LogP contribution is 2.13. The smallest absolute Gasteiger partial charge is 0.304 e. The van der Waals surface area contributed by atoms with Crippen molar-refractivity contribution in [2.75, 3.05) is 13.1 Å². The van der Waals surface area contributed by atoms with Crippen molar-refractivity contribution in [3.8, 4) is 0 Å². The van der Waals surface area contributed by atoms with Crippen LogP contribution in [0.4, 0.5) is 5.69 Å². The summed E-state index contributed by atoms with van der Waals surface area (Å²) in [5.41, 5.74) is 15.9. The molecule has 0 saturated carbocycles. The van der Waals surface area contributed by atoms with Crippen molar-refractivity contribution >= 4 is 29.4 Å². The number of carboxylic acid groups (broad SMARTS) is 1. The topological polar surface area (TPSA) is 172 Å². The molecule has 10 nitrogen and oxygen atoms in total. The van der Waals surface area contributed by atoms with Crippen LogP contribution in [0.15, 0.2) is 29.3 Å². The van der Waals surface area contributed by atoms with E-state index in [0.717, 1.165) is 0 Å². The van der Waals surface area contributed by atoms with Gasteiger partial charge in [0.05, 0.1) is 18.7 Å². The van der Waals surface area contributed by atoms with E-state index in [1.807, 2.05) is 0 Å². The lowest BCUT2D eigenvalue weighted by molar-refractivity contribution is -0.137. The molecule has 0 atom stereocenters. The molecule has 0 radical (unpaired) electrons. The van der Waals surface area contributed by atoms with Gasteiger partial charge in [-0.05, 0) is 18.2 Å². The van der Waals surface area contributed by atoms with Gasteiger partial charge in [-0.25, -0.2) is 10.4 Å². The minimum absolute atomic E-state index is 0.0789. The Balaban J connectivity index is 2.43. The summed E-state index contributed by atoms with van der Waals surface area (Å²) < 4.78 is 0. The molecule has 0 saturated heterocycles. The van der Waals surface area contributed by atoms with Crippen LogP contribution in [0.1, 0.15) is 16.8 Å². The van der Waals surface area contributed by atoms with Crippen LogP contribution >= 0.6 is 0 Å². The summed E-state index contributed by atoms with van der Waals surface area (Å²) in [7, 11) is 0. The summed E-state index contributed by atoms with van der Waals surface area (Å²) in [6.45, 7) is -0.193. The van der Waals surface area contributed by atoms with Crippen LogP contribution < -0.4 is 27.6 Å². The van der Waals surface area contributed by atoms with Gasteiger partial charge in [0.1, 0.15) is 0 Å². The lowest BCUT2D eigenvalue weighted by Gasteiger charge is -2.08. The number of amides is 2. The van der Waals surface area contributed by atoms with Crippen molar-refractivity contribution in [2.45, 2.75) is 6.42 Å². The van der Waals surface area contributed by atoms with Gasteiger partial charge in [-0.1, -0.05) is 6.07 Å². The SMILES string of the molecule is NC(N)=Nc1cccc(C(=O)NCC(=O)NNCCC(=O)O)c1. The number of aliphatic imine (C=N–C) groups is 1. The van der Waals surface area contributed by atoms with E-state index >= 15 is 0 Å². The Morgan fingerprint density at radius 1 is 1.22 bits per heavy atom. The lowest BCUT2D eigenvalue weighted by atomic mass is 10.2. The fourth-order valence-electron chi connectivity index (χ4n) is 1.50. The number of nitrogens with zero attached hydrogens (tertiary/aromatic N) is 1. The first-order chi connectivity index (χ1) is 10.9. The van der Waals surface area contributed by atoms with Gasteiger partial charge >= 0.3 is 5.97 Å². The predicted molar refractivity (Wildman–Crippen MR) is 82.6 cm³/mol. The number of carboxylic acids is 1. The van der Waals surface area contributed by atoms with E-state index in [1.165, 1.54) is 6.07 Å². The van der Waals surface area contributed by atoms with Crippen molar-refractivity contribution in [3.05, 3.63) is 29.8 Å². The number of hydrazine groups is 1. The monoisotopic (exact) mass is 322 g/mol. The van der Waals surface area contributed by atoms with Gasteiger partial charge in [-0.2, -0.15) is 0 Å². The second-order valence-corrected chi connectivity index (χ2v) is 4.39. The summed E-state index contributed by atoms with van der Waals surface area (Å²) in [6, 6.07) is 6.24. The number of benzene rings is 1. The average Bonchev–Trinajstić information content (AvgIpc) is 2.48. The third-order valence-corrected chi connectivity index (χ3v) is 2.47. The summed E-state index contributed by atoms with van der Waals surface area (Å²) in [5, 5.41) is 10.8. The molecular formula is C13H18N6O4. The van der Waals surface area contributed by atoms with Crippen LogP contribution in [0, 0.1) is 0 Å². The number of guanidine groups is 1. The molecule has 23 heavy (non-hydrogen) atoms. The number of nitrogens with one attached hydrogen (secondary N) is 3. The van der Waals surface area contributed by atoms with E-state index in [-0.39, 0.29) is 25.5 Å². The molecule has 8 N–H and O–H groups in total. The van der Waals surface area contributed by atoms with Crippen LogP contribution in [-0.2, 0) is 9.59 Å². The number of nitrogens with two attached hydrogens (primary N) is 2. The number of hydrogen-bond donors (Lipinski definition) is 6. The Morgan fingerprint density at radius 2 is 1.96 bits per heavy atom. The number of aliphatic carboxylic acids is 1. The Bertz CT molecular complexity index is 612. The summed E-state index contributed by atoms with van der Waals surface area (Å²) >= 11 is 0. The van der Waals surface area contributed by atoms with Crippen LogP contribution in [0.25, 0.3) is 0 Å². The highest BCUT2D eigenvalue weighted by Gasteiger charge is 2.08. The molecule has 0 spiro atoms. The molecule has 0 aliphatic rings. The number of carbonyl (C=O) groups excluding carboxylic acids is 2. The standard InChI is InChI=1S/C13H18N6O4/c14-13(15)18-9-3-1-2-8(6-9)12(23)16-7-10(20)19-17-5-4-11(21)22/h1-3,6,17H,4-5,7H2,(H,16,23)(H,19,20)(H,21,22)(H4,14,15,18). The third-order valence-electron chi connectivity index (χ3n) is 2.47. The van der Waals surface area contributed by atoms with Gasteiger partial charge in [0.25, 0.3) is 11.8 Å². The Morgan fingerprint density at radius 3 is 2.61 bits per heavy atom. The summed E-state index contributed by atoms with van der Waals surface area (Å²) in [4.78, 5) is 37.4. The Hall–Kier alpha value is -3.14. The number of hydrogen-bond acceptors (Lipinski definition) is 5. The quantitative estimate of drug-likeness (QED) is 0.145. The molecule has 0 unspecified atom stereocenters. The van der Waals surface area contributed by atoms with Crippen molar-refractivity contribution < 1.29 is 19.5 Å². The van der Waals surface area contributed by atoms with Gasteiger partial charge in [-0.15, -0.1) is 0 Å². The molecular weight excluding hydrogens is 304 g/mol. The first-order valence-electron chi connectivity index (χ1n) is 6.60. The van der Waals surface area contributed by atoms with Crippen molar-refractivity contribution in [1.29, 1.82) is 0 Å². The van der Waals surface area contributed by atoms with Crippen molar-refractivity contribution in [3.63, 3.8) is 0 Å². The van der Waals surface area contributed by atoms with E-state index in [9.17, 15) is 14.4 Å². The van der Waals surface area contributed by atoms with Gasteiger partial charge in [-0.3, -0.25) is 19.8 Å². The van der Waals surface area contributed by atoms with E-state index < -0.39 is 17.8 Å². The van der Waals surface area contributed by atoms with Crippen LogP contribution in [-0.4, -0.2) is 41.9 Å². The third kappa shape index (κ3) is 7.43. The Kier molecular flexibility index (Phi) is 7.01. The van der Waals surface area contributed by atoms with E-state index in [0.29, 0.717) is 11.3 Å². The van der Waals surface area contributed by atoms with Crippen LogP contribution in [0.2, 0.25) is 0 Å². The molecule has 1 aromatic rings. The van der Waals surface area contributed by atoms with E-state index in [1.54, 1.807) is 18.2 Å². The molecule has 0 heterocycles. The second-order valence-electron chi connectivity index (χ2n) is 4.39. The van der Waals surface area contributed by atoms with Crippen LogP contribution in [0.3, 0.4) is 0 Å². The normalized spacial score (nSPS) is 9.74. The minimum atomic E-state index is -0.985. The van der Waals surface area contributed by atoms with Crippen LogP contribution in [0.5, 0.6) is 0 Å². The summed E-state index contributed by atoms with van der Waals surface area (Å²) in [5.74, 6) is -2.10. The van der Waals surface area contributed by atoms with Gasteiger partial charge < -0.3 is 21.9 Å². The molecule has 124 valence electrons. The highest BCUT2D eigenvalue weighted by atomic mass is 16.4. The van der Waals surface area contributed by atoms with E-state index in [4.69, 9.17) is 16.6 Å². The van der Waals surface area contributed by atoms with Crippen molar-refractivity contribution in [2.24, 2.45) is 16.5 Å². The lowest BCUT2D eigenvalue weighted by Crippen LogP contribution is -2.44. The number of carbonyl (C=O) groups is 3. The zero-order valence-corrected chi connectivity index (χ0v) is 12.2. The number of rotatable bonds is 8. The fourth-order valence-corrected chi connectivity index (χ4v) is 1.50. The zero-order chi connectivity index (χ0) is 17.2. The second kappa shape index (κ2) is 9.00. The molecule has 2 amide bonds. The highest BCUT2D eigenvalue weighted by molar-refractivity contribution is 5.97. The predicted octanol–water partition coefficient (Wildman–Crippen LogP) is -1.58. The molecule has 1 aromatic carbocycles. The molecule has 0 aliphatic heterocycles. The molecule has 0 aliphatic carbocycles. The van der Waals surface area contributed by atoms with E-state index in [2.05, 4.69) is 21.2 Å². The first-order valence-corrected chi connectivity index (χ1v) is 6.60. The molecule has 10 heteroatoms. The molecule has 1 rings (SSSR count). The maximum Gasteiger partial charge on any atom is 0.304 e. The summed E-state index contributed by atoms with van der Waals surface area (Å²) in [6.07, 6.45) is -0.135. The maximum absolute atomic E-state index is 11.9. The Labute approximate surface area is 131 Å². The molecule has 0 fully saturated rings.